The standard InChI is InChI=1S/C16H11BrFNO2/c1-20-11-2-4-13-10(8-11)6-7-19-16(13)21-12-3-5-14(17)15(18)9-12/h2-9H,1H3. The van der Waals surface area contributed by atoms with Gasteiger partial charge in [0.25, 0.3) is 0 Å². The zero-order valence-corrected chi connectivity index (χ0v) is 12.7. The van der Waals surface area contributed by atoms with Crippen molar-refractivity contribution in [3.8, 4) is 17.4 Å². The van der Waals surface area contributed by atoms with Crippen molar-refractivity contribution in [1.82, 2.24) is 4.98 Å². The Morgan fingerprint density at radius 1 is 1.05 bits per heavy atom. The minimum Gasteiger partial charge on any atom is -0.497 e. The molecule has 0 unspecified atom stereocenters. The number of halogens is 2. The van der Waals surface area contributed by atoms with Gasteiger partial charge in [0.2, 0.25) is 5.88 Å². The zero-order chi connectivity index (χ0) is 14.8. The molecule has 1 heterocycles. The van der Waals surface area contributed by atoms with Crippen molar-refractivity contribution < 1.29 is 13.9 Å². The molecule has 0 radical (unpaired) electrons. The minimum atomic E-state index is -0.380. The second-order valence-electron chi connectivity index (χ2n) is 4.38. The summed E-state index contributed by atoms with van der Waals surface area (Å²) in [4.78, 5) is 4.21. The summed E-state index contributed by atoms with van der Waals surface area (Å²) < 4.78 is 24.8. The summed E-state index contributed by atoms with van der Waals surface area (Å²) >= 11 is 3.11. The smallest absolute Gasteiger partial charge is 0.227 e. The number of benzene rings is 2. The van der Waals surface area contributed by atoms with Crippen LogP contribution in [-0.4, -0.2) is 12.1 Å². The number of hydrogen-bond acceptors (Lipinski definition) is 3. The van der Waals surface area contributed by atoms with E-state index in [2.05, 4.69) is 20.9 Å². The van der Waals surface area contributed by atoms with Crippen molar-refractivity contribution in [2.75, 3.05) is 7.11 Å². The molecule has 0 aliphatic rings. The van der Waals surface area contributed by atoms with Gasteiger partial charge in [0, 0.05) is 17.6 Å². The van der Waals surface area contributed by atoms with Gasteiger partial charge < -0.3 is 9.47 Å². The Bertz CT molecular complexity index is 807. The fourth-order valence-electron chi connectivity index (χ4n) is 1.99. The number of methoxy groups -OCH3 is 1. The monoisotopic (exact) mass is 347 g/mol. The lowest BCUT2D eigenvalue weighted by molar-refractivity contribution is 0.415. The van der Waals surface area contributed by atoms with Crippen LogP contribution in [0.3, 0.4) is 0 Å². The molecule has 1 aromatic heterocycles. The maximum Gasteiger partial charge on any atom is 0.227 e. The predicted molar refractivity (Wildman–Crippen MR) is 82.5 cm³/mol. The highest BCUT2D eigenvalue weighted by atomic mass is 79.9. The summed E-state index contributed by atoms with van der Waals surface area (Å²) in [6, 6.07) is 12.0. The van der Waals surface area contributed by atoms with Crippen molar-refractivity contribution in [2.24, 2.45) is 0 Å². The van der Waals surface area contributed by atoms with Gasteiger partial charge in [0.1, 0.15) is 17.3 Å². The molecule has 2 aromatic carbocycles. The fraction of sp³-hybridized carbons (Fsp3) is 0.0625. The van der Waals surface area contributed by atoms with Crippen molar-refractivity contribution in [2.45, 2.75) is 0 Å². The maximum absolute atomic E-state index is 13.5. The van der Waals surface area contributed by atoms with E-state index in [0.29, 0.717) is 16.1 Å². The maximum atomic E-state index is 13.5. The molecule has 3 nitrogen and oxygen atoms in total. The highest BCUT2D eigenvalue weighted by Gasteiger charge is 2.08. The predicted octanol–water partition coefficient (Wildman–Crippen LogP) is 4.94. The van der Waals surface area contributed by atoms with Crippen molar-refractivity contribution in [1.29, 1.82) is 0 Å². The summed E-state index contributed by atoms with van der Waals surface area (Å²) in [6.07, 6.45) is 1.65. The molecule has 21 heavy (non-hydrogen) atoms. The van der Waals surface area contributed by atoms with Gasteiger partial charge in [-0.3, -0.25) is 0 Å². The first-order valence-electron chi connectivity index (χ1n) is 6.23. The SMILES string of the molecule is COc1ccc2c(Oc3ccc(Br)c(F)c3)nccc2c1. The molecule has 0 N–H and O–H groups in total. The van der Waals surface area contributed by atoms with E-state index in [-0.39, 0.29) is 5.82 Å². The van der Waals surface area contributed by atoms with E-state index in [4.69, 9.17) is 9.47 Å². The Morgan fingerprint density at radius 2 is 1.86 bits per heavy atom. The summed E-state index contributed by atoms with van der Waals surface area (Å²) in [6.45, 7) is 0. The van der Waals surface area contributed by atoms with Crippen molar-refractivity contribution >= 4 is 26.7 Å². The van der Waals surface area contributed by atoms with Gasteiger partial charge >= 0.3 is 0 Å². The molecular weight excluding hydrogens is 337 g/mol. The van der Waals surface area contributed by atoms with Gasteiger partial charge in [0.05, 0.1) is 11.6 Å². The molecule has 0 saturated heterocycles. The number of pyridine rings is 1. The van der Waals surface area contributed by atoms with Crippen LogP contribution < -0.4 is 9.47 Å². The van der Waals surface area contributed by atoms with Crippen LogP contribution in [0, 0.1) is 5.82 Å². The van der Waals surface area contributed by atoms with E-state index in [9.17, 15) is 4.39 Å². The molecule has 3 rings (SSSR count). The van der Waals surface area contributed by atoms with Crippen LogP contribution in [0.4, 0.5) is 4.39 Å². The van der Waals surface area contributed by atoms with E-state index in [1.165, 1.54) is 6.07 Å². The van der Waals surface area contributed by atoms with E-state index in [1.54, 1.807) is 25.4 Å². The van der Waals surface area contributed by atoms with Gasteiger partial charge in [-0.25, -0.2) is 9.37 Å². The lowest BCUT2D eigenvalue weighted by Gasteiger charge is -2.09. The first-order chi connectivity index (χ1) is 10.2. The molecular formula is C16H11BrFNO2. The molecule has 0 aliphatic carbocycles. The summed E-state index contributed by atoms with van der Waals surface area (Å²) in [5.41, 5.74) is 0. The number of ether oxygens (including phenoxy) is 2. The largest absolute Gasteiger partial charge is 0.497 e. The molecule has 0 saturated carbocycles. The Hall–Kier alpha value is -2.14. The van der Waals surface area contributed by atoms with Crippen LogP contribution in [0.2, 0.25) is 0 Å². The van der Waals surface area contributed by atoms with Gasteiger partial charge in [-0.05, 0) is 57.7 Å². The van der Waals surface area contributed by atoms with Gasteiger partial charge in [-0.2, -0.15) is 0 Å². The molecule has 0 amide bonds. The Labute approximate surface area is 129 Å². The number of aromatic nitrogens is 1. The molecule has 106 valence electrons. The average molecular weight is 348 g/mol. The van der Waals surface area contributed by atoms with E-state index >= 15 is 0 Å². The summed E-state index contributed by atoms with van der Waals surface area (Å²) in [5, 5.41) is 1.78. The van der Waals surface area contributed by atoms with Crippen molar-refractivity contribution in [3.05, 3.63) is 59.0 Å². The second-order valence-corrected chi connectivity index (χ2v) is 5.24. The summed E-state index contributed by atoms with van der Waals surface area (Å²) in [7, 11) is 1.62. The minimum absolute atomic E-state index is 0.380. The van der Waals surface area contributed by atoms with E-state index in [1.807, 2.05) is 24.3 Å². The molecule has 5 heteroatoms. The zero-order valence-electron chi connectivity index (χ0n) is 11.1. The number of nitrogens with zero attached hydrogens (tertiary/aromatic N) is 1. The molecule has 0 bridgehead atoms. The fourth-order valence-corrected chi connectivity index (χ4v) is 2.24. The first-order valence-corrected chi connectivity index (χ1v) is 7.02. The highest BCUT2D eigenvalue weighted by molar-refractivity contribution is 9.10. The number of rotatable bonds is 3. The Balaban J connectivity index is 2.02. The highest BCUT2D eigenvalue weighted by Crippen LogP contribution is 2.31. The summed E-state index contributed by atoms with van der Waals surface area (Å²) in [5.74, 6) is 1.20. The Kier molecular flexibility index (Phi) is 3.75. The second kappa shape index (κ2) is 5.69. The van der Waals surface area contributed by atoms with Gasteiger partial charge in [-0.15, -0.1) is 0 Å². The topological polar surface area (TPSA) is 31.4 Å². The molecule has 0 spiro atoms. The van der Waals surface area contributed by atoms with Crippen LogP contribution in [0.15, 0.2) is 53.1 Å². The number of hydrogen-bond donors (Lipinski definition) is 0. The average Bonchev–Trinajstić information content (AvgIpc) is 2.50. The first kappa shape index (κ1) is 13.8. The van der Waals surface area contributed by atoms with Crippen molar-refractivity contribution in [3.63, 3.8) is 0 Å². The molecule has 0 aliphatic heterocycles. The lowest BCUT2D eigenvalue weighted by Crippen LogP contribution is -1.91. The third-order valence-electron chi connectivity index (χ3n) is 3.04. The van der Waals surface area contributed by atoms with Crippen LogP contribution in [-0.2, 0) is 0 Å². The quantitative estimate of drug-likeness (QED) is 0.672. The molecule has 3 aromatic rings. The van der Waals surface area contributed by atoms with E-state index in [0.717, 1.165) is 16.5 Å². The van der Waals surface area contributed by atoms with Crippen LogP contribution in [0.5, 0.6) is 17.4 Å². The third-order valence-corrected chi connectivity index (χ3v) is 3.68. The van der Waals surface area contributed by atoms with E-state index < -0.39 is 0 Å². The third kappa shape index (κ3) is 2.83. The molecule has 0 fully saturated rings. The Morgan fingerprint density at radius 3 is 2.62 bits per heavy atom. The van der Waals surface area contributed by atoms with Crippen LogP contribution >= 0.6 is 15.9 Å². The normalized spacial score (nSPS) is 10.6. The number of fused-ring (bicyclic) bond motifs is 1. The lowest BCUT2D eigenvalue weighted by atomic mass is 10.1. The van der Waals surface area contributed by atoms with Crippen LogP contribution in [0.25, 0.3) is 10.8 Å². The van der Waals surface area contributed by atoms with Gasteiger partial charge in [-0.1, -0.05) is 0 Å². The molecule has 0 atom stereocenters. The van der Waals surface area contributed by atoms with Gasteiger partial charge in [0.15, 0.2) is 0 Å². The van der Waals surface area contributed by atoms with Crippen LogP contribution in [0.1, 0.15) is 0 Å².